The number of nitrogens with two attached hydrogens (primary N) is 1. The van der Waals surface area contributed by atoms with Crippen molar-refractivity contribution in [3.63, 3.8) is 0 Å². The fourth-order valence-electron chi connectivity index (χ4n) is 2.69. The Morgan fingerprint density at radius 1 is 1.18 bits per heavy atom. The van der Waals surface area contributed by atoms with E-state index in [0.717, 1.165) is 12.0 Å². The highest BCUT2D eigenvalue weighted by Crippen LogP contribution is 2.38. The molecular formula is C20H35N3O3SSi. The lowest BCUT2D eigenvalue weighted by Crippen LogP contribution is -2.47. The normalized spacial score (nSPS) is 20.2. The van der Waals surface area contributed by atoms with Crippen LogP contribution in [0.1, 0.15) is 59.6 Å². The maximum absolute atomic E-state index is 13.1. The summed E-state index contributed by atoms with van der Waals surface area (Å²) in [6.45, 7) is 16.8. The lowest BCUT2D eigenvalue weighted by molar-refractivity contribution is -0.00575. The third-order valence-electron chi connectivity index (χ3n) is 5.45. The molecule has 0 bridgehead atoms. The molecule has 0 radical (unpaired) electrons. The van der Waals surface area contributed by atoms with Gasteiger partial charge < -0.3 is 9.64 Å². The molecule has 0 saturated carbocycles. The lowest BCUT2D eigenvalue weighted by atomic mass is 9.95. The van der Waals surface area contributed by atoms with Gasteiger partial charge in [-0.2, -0.15) is 0 Å². The molecule has 1 unspecified atom stereocenters. The van der Waals surface area contributed by atoms with Gasteiger partial charge in [-0.3, -0.25) is 4.03 Å². The number of nitrogens with zero attached hydrogens (tertiary/aromatic N) is 2. The van der Waals surface area contributed by atoms with Gasteiger partial charge >= 0.3 is 6.09 Å². The molecule has 1 aromatic carbocycles. The standard InChI is InChI=1S/C20H35N3O3SSi/c1-19(2,3)26-18(24)23-14-13-17(23)15-9-11-16(12-10-15)27(21,25)22-28(7,8)20(4,5)6/h9-12,17H,13-14H2,1-8H3,(H2,21,22,25)/t17?,27-/m0/s1. The van der Waals surface area contributed by atoms with Crippen molar-refractivity contribution >= 4 is 24.2 Å². The molecule has 1 amide bonds. The van der Waals surface area contributed by atoms with E-state index < -0.39 is 23.8 Å². The van der Waals surface area contributed by atoms with Gasteiger partial charge in [-0.25, -0.2) is 14.1 Å². The second kappa shape index (κ2) is 7.46. The van der Waals surface area contributed by atoms with Crippen molar-refractivity contribution < 1.29 is 13.7 Å². The number of carbonyl (C=O) groups excluding carboxylic acids is 1. The summed E-state index contributed by atoms with van der Waals surface area (Å²) in [7, 11) is -5.10. The molecule has 158 valence electrons. The Balaban J connectivity index is 2.22. The molecule has 1 heterocycles. The molecule has 0 aliphatic carbocycles. The van der Waals surface area contributed by atoms with Crippen molar-refractivity contribution in [3.05, 3.63) is 29.8 Å². The Morgan fingerprint density at radius 3 is 2.11 bits per heavy atom. The van der Waals surface area contributed by atoms with E-state index in [9.17, 15) is 9.00 Å². The minimum absolute atomic E-state index is 0.0185. The van der Waals surface area contributed by atoms with Crippen molar-refractivity contribution in [2.45, 2.75) is 82.6 Å². The molecular weight excluding hydrogens is 390 g/mol. The number of hydrogen-bond donors (Lipinski definition) is 1. The van der Waals surface area contributed by atoms with Crippen LogP contribution in [0.2, 0.25) is 18.1 Å². The fourth-order valence-corrected chi connectivity index (χ4v) is 7.44. The molecule has 2 atom stereocenters. The average Bonchev–Trinajstić information content (AvgIpc) is 2.42. The van der Waals surface area contributed by atoms with Gasteiger partial charge in [-0.15, -0.1) is 0 Å². The molecule has 0 spiro atoms. The van der Waals surface area contributed by atoms with Crippen LogP contribution in [-0.2, 0) is 14.7 Å². The number of likely N-dealkylation sites (tertiary alicyclic amines) is 1. The van der Waals surface area contributed by atoms with Crippen molar-refractivity contribution in [2.24, 2.45) is 9.17 Å². The molecule has 1 fully saturated rings. The number of amides is 1. The number of benzene rings is 1. The SMILES string of the molecule is CC(C)(C)OC(=O)N1CCC1c1ccc([S@@](N)(=O)=N[Si](C)(C)C(C)(C)C)cc1. The third kappa shape index (κ3) is 5.15. The van der Waals surface area contributed by atoms with Gasteiger partial charge in [0.25, 0.3) is 0 Å². The van der Waals surface area contributed by atoms with Crippen LogP contribution in [0.25, 0.3) is 0 Å². The third-order valence-corrected chi connectivity index (χ3v) is 13.0. The van der Waals surface area contributed by atoms with Crippen LogP contribution in [0, 0.1) is 0 Å². The van der Waals surface area contributed by atoms with Crippen molar-refractivity contribution in [1.82, 2.24) is 4.90 Å². The van der Waals surface area contributed by atoms with Gasteiger partial charge in [0.05, 0.1) is 10.9 Å². The fraction of sp³-hybridized carbons (Fsp3) is 0.650. The highest BCUT2D eigenvalue weighted by molar-refractivity contribution is 7.92. The van der Waals surface area contributed by atoms with Crippen LogP contribution in [0.5, 0.6) is 0 Å². The summed E-state index contributed by atoms with van der Waals surface area (Å²) in [5, 5.41) is 6.12. The summed E-state index contributed by atoms with van der Waals surface area (Å²) in [5.74, 6) is 0. The summed E-state index contributed by atoms with van der Waals surface area (Å²) in [6.07, 6.45) is 0.577. The average molecular weight is 426 g/mol. The van der Waals surface area contributed by atoms with Crippen LogP contribution in [0.3, 0.4) is 0 Å². The Morgan fingerprint density at radius 2 is 1.71 bits per heavy atom. The lowest BCUT2D eigenvalue weighted by Gasteiger charge is -2.41. The first-order valence-corrected chi connectivity index (χ1v) is 14.2. The molecule has 2 N–H and O–H groups in total. The van der Waals surface area contributed by atoms with Gasteiger partial charge in [0.2, 0.25) is 0 Å². The maximum Gasteiger partial charge on any atom is 0.410 e. The number of ether oxygens (including phenoxy) is 1. The minimum Gasteiger partial charge on any atom is -0.444 e. The van der Waals surface area contributed by atoms with E-state index in [0.29, 0.717) is 11.4 Å². The van der Waals surface area contributed by atoms with Gasteiger partial charge in [0.1, 0.15) is 15.5 Å². The second-order valence-corrected chi connectivity index (χ2v) is 17.0. The van der Waals surface area contributed by atoms with Crippen molar-refractivity contribution in [1.29, 1.82) is 0 Å². The second-order valence-electron chi connectivity index (χ2n) is 10.0. The summed E-state index contributed by atoms with van der Waals surface area (Å²) in [4.78, 5) is 14.6. The van der Waals surface area contributed by atoms with E-state index >= 15 is 0 Å². The van der Waals surface area contributed by atoms with Crippen LogP contribution >= 0.6 is 0 Å². The number of rotatable bonds is 3. The zero-order valence-electron chi connectivity index (χ0n) is 18.4. The van der Waals surface area contributed by atoms with Gasteiger partial charge in [0, 0.05) is 6.54 Å². The summed E-state index contributed by atoms with van der Waals surface area (Å²) in [6, 6.07) is 7.32. The predicted octanol–water partition coefficient (Wildman–Crippen LogP) is 5.07. The van der Waals surface area contributed by atoms with E-state index in [-0.39, 0.29) is 17.2 Å². The Kier molecular flexibility index (Phi) is 6.10. The topological polar surface area (TPSA) is 85.0 Å². The summed E-state index contributed by atoms with van der Waals surface area (Å²) < 4.78 is 23.2. The number of hydrogen-bond acceptors (Lipinski definition) is 4. The zero-order chi connectivity index (χ0) is 21.5. The van der Waals surface area contributed by atoms with Gasteiger partial charge in [0.15, 0.2) is 8.24 Å². The first kappa shape index (κ1) is 22.9. The molecule has 0 aromatic heterocycles. The minimum atomic E-state index is -2.95. The molecule has 8 heteroatoms. The zero-order valence-corrected chi connectivity index (χ0v) is 20.2. The molecule has 1 aliphatic rings. The molecule has 1 saturated heterocycles. The highest BCUT2D eigenvalue weighted by atomic mass is 32.2. The van der Waals surface area contributed by atoms with Crippen LogP contribution in [0.15, 0.2) is 33.2 Å². The van der Waals surface area contributed by atoms with E-state index in [2.05, 4.69) is 37.9 Å². The molecule has 2 rings (SSSR count). The van der Waals surface area contributed by atoms with Gasteiger partial charge in [-0.05, 0) is 63.0 Å². The molecule has 6 nitrogen and oxygen atoms in total. The highest BCUT2D eigenvalue weighted by Gasteiger charge is 2.38. The van der Waals surface area contributed by atoms with Crippen LogP contribution in [0.4, 0.5) is 4.79 Å². The smallest absolute Gasteiger partial charge is 0.410 e. The monoisotopic (exact) mass is 425 g/mol. The van der Waals surface area contributed by atoms with E-state index in [1.165, 1.54) is 0 Å². The van der Waals surface area contributed by atoms with Crippen LogP contribution in [-0.4, -0.2) is 35.6 Å². The van der Waals surface area contributed by atoms with E-state index in [4.69, 9.17) is 9.88 Å². The Labute approximate surface area is 171 Å². The van der Waals surface area contributed by atoms with Crippen molar-refractivity contribution in [3.8, 4) is 0 Å². The molecule has 1 aliphatic heterocycles. The van der Waals surface area contributed by atoms with Crippen LogP contribution < -0.4 is 5.14 Å². The van der Waals surface area contributed by atoms with Crippen molar-refractivity contribution in [2.75, 3.05) is 6.54 Å². The van der Waals surface area contributed by atoms with Gasteiger partial charge in [-0.1, -0.05) is 32.9 Å². The summed E-state index contributed by atoms with van der Waals surface area (Å²) >= 11 is 0. The maximum atomic E-state index is 13.1. The first-order chi connectivity index (χ1) is 12.5. The Hall–Kier alpha value is -1.38. The van der Waals surface area contributed by atoms with E-state index in [1.807, 2.05) is 32.9 Å². The first-order valence-electron chi connectivity index (χ1n) is 9.69. The van der Waals surface area contributed by atoms with E-state index in [1.54, 1.807) is 17.0 Å². The Bertz CT molecular complexity index is 845. The number of carbonyl (C=O) groups is 1. The largest absolute Gasteiger partial charge is 0.444 e. The summed E-state index contributed by atoms with van der Waals surface area (Å²) in [5.41, 5.74) is 0.473. The predicted molar refractivity (Wildman–Crippen MR) is 117 cm³/mol. The quantitative estimate of drug-likeness (QED) is 0.686. The molecule has 28 heavy (non-hydrogen) atoms. The molecule has 1 aromatic rings.